The Labute approximate surface area is 226 Å². The van der Waals surface area contributed by atoms with Gasteiger partial charge in [0, 0.05) is 49.3 Å². The fourth-order valence-corrected chi connectivity index (χ4v) is 6.69. The molecule has 0 radical (unpaired) electrons. The molecule has 2 fully saturated rings. The lowest BCUT2D eigenvalue weighted by molar-refractivity contribution is -0.123. The number of amides is 1. The van der Waals surface area contributed by atoms with Crippen LogP contribution in [0.5, 0.6) is 0 Å². The van der Waals surface area contributed by atoms with E-state index in [1.807, 2.05) is 41.1 Å². The molecule has 2 aliphatic rings. The Morgan fingerprint density at radius 1 is 1.05 bits per heavy atom. The molecule has 2 aliphatic heterocycles. The number of ether oxygens (including phenoxy) is 1. The summed E-state index contributed by atoms with van der Waals surface area (Å²) in [5.74, 6) is 0.0829. The van der Waals surface area contributed by atoms with Crippen LogP contribution in [-0.4, -0.2) is 81.6 Å². The standard InChI is InChI=1S/C26H30N8O4S/c1-17-26(35)31(10-11-32(17)39(2,36)37)20-5-3-4-18(14-20)23-15-21(24-25(27)28-16-30-34(23)24)22-6-9-29-33(22)19-7-12-38-13-8-19/h3-6,9,14-17,19H,7-8,10-13H2,1-2H3,(H2,27,28,30). The minimum absolute atomic E-state index is 0.218. The monoisotopic (exact) mass is 550 g/mol. The van der Waals surface area contributed by atoms with Gasteiger partial charge in [-0.05, 0) is 44.0 Å². The summed E-state index contributed by atoms with van der Waals surface area (Å²) in [6, 6.07) is 11.0. The highest BCUT2D eigenvalue weighted by molar-refractivity contribution is 7.88. The van der Waals surface area contributed by atoms with Crippen molar-refractivity contribution in [3.05, 3.63) is 48.9 Å². The third kappa shape index (κ3) is 4.45. The molecule has 0 bridgehead atoms. The maximum atomic E-state index is 13.2. The third-order valence-electron chi connectivity index (χ3n) is 7.54. The molecule has 4 aromatic rings. The number of rotatable bonds is 5. The number of nitrogens with two attached hydrogens (primary N) is 1. The molecule has 1 amide bonds. The highest BCUT2D eigenvalue weighted by atomic mass is 32.2. The number of aromatic nitrogens is 5. The predicted molar refractivity (Wildman–Crippen MR) is 147 cm³/mol. The normalized spacial score (nSPS) is 19.7. The highest BCUT2D eigenvalue weighted by Gasteiger charge is 2.37. The van der Waals surface area contributed by atoms with Crippen LogP contribution in [0.15, 0.2) is 48.9 Å². The topological polar surface area (TPSA) is 141 Å². The van der Waals surface area contributed by atoms with Gasteiger partial charge in [-0.15, -0.1) is 0 Å². The van der Waals surface area contributed by atoms with Crippen molar-refractivity contribution in [2.75, 3.05) is 43.2 Å². The molecule has 2 saturated heterocycles. The maximum Gasteiger partial charge on any atom is 0.245 e. The molecule has 39 heavy (non-hydrogen) atoms. The van der Waals surface area contributed by atoms with Crippen molar-refractivity contribution in [1.29, 1.82) is 0 Å². The zero-order chi connectivity index (χ0) is 27.3. The minimum Gasteiger partial charge on any atom is -0.382 e. The molecule has 3 aromatic heterocycles. The molecule has 0 aliphatic carbocycles. The van der Waals surface area contributed by atoms with Crippen molar-refractivity contribution >= 4 is 33.0 Å². The molecule has 12 nitrogen and oxygen atoms in total. The van der Waals surface area contributed by atoms with E-state index < -0.39 is 16.1 Å². The van der Waals surface area contributed by atoms with E-state index in [9.17, 15) is 13.2 Å². The van der Waals surface area contributed by atoms with Gasteiger partial charge in [0.15, 0.2) is 5.82 Å². The first kappa shape index (κ1) is 25.5. The largest absolute Gasteiger partial charge is 0.382 e. The molecule has 6 rings (SSSR count). The second kappa shape index (κ2) is 9.74. The zero-order valence-corrected chi connectivity index (χ0v) is 22.6. The van der Waals surface area contributed by atoms with Crippen LogP contribution in [0, 0.1) is 0 Å². The third-order valence-corrected chi connectivity index (χ3v) is 8.90. The SMILES string of the molecule is CC1C(=O)N(c2cccc(-c3cc(-c4ccnn4C4CCOCC4)c4c(N)ncnn34)c2)CCN1S(C)(=O)=O. The Morgan fingerprint density at radius 3 is 2.62 bits per heavy atom. The van der Waals surface area contributed by atoms with E-state index >= 15 is 0 Å². The van der Waals surface area contributed by atoms with E-state index in [2.05, 4.69) is 15.2 Å². The molecule has 0 spiro atoms. The Morgan fingerprint density at radius 2 is 1.85 bits per heavy atom. The van der Waals surface area contributed by atoms with Crippen LogP contribution in [0.4, 0.5) is 11.5 Å². The number of anilines is 2. The Bertz CT molecular complexity index is 1660. The second-order valence-electron chi connectivity index (χ2n) is 9.94. The van der Waals surface area contributed by atoms with E-state index in [0.717, 1.165) is 41.6 Å². The Hall–Kier alpha value is -3.81. The van der Waals surface area contributed by atoms with Crippen LogP contribution < -0.4 is 10.6 Å². The van der Waals surface area contributed by atoms with Crippen LogP contribution in [0.25, 0.3) is 28.0 Å². The van der Waals surface area contributed by atoms with Gasteiger partial charge in [0.25, 0.3) is 0 Å². The molecule has 1 atom stereocenters. The van der Waals surface area contributed by atoms with Crippen molar-refractivity contribution in [1.82, 2.24) is 28.7 Å². The number of hydrogen-bond acceptors (Lipinski definition) is 8. The summed E-state index contributed by atoms with van der Waals surface area (Å²) >= 11 is 0. The average molecular weight is 551 g/mol. The van der Waals surface area contributed by atoms with Crippen LogP contribution in [0.1, 0.15) is 25.8 Å². The number of benzene rings is 1. The van der Waals surface area contributed by atoms with Gasteiger partial charge < -0.3 is 15.4 Å². The summed E-state index contributed by atoms with van der Waals surface area (Å²) in [6.45, 7) is 3.50. The Kier molecular flexibility index (Phi) is 6.36. The van der Waals surface area contributed by atoms with Crippen LogP contribution in [-0.2, 0) is 19.6 Å². The van der Waals surface area contributed by atoms with E-state index in [4.69, 9.17) is 10.5 Å². The summed E-state index contributed by atoms with van der Waals surface area (Å²) < 4.78 is 34.8. The van der Waals surface area contributed by atoms with Crippen molar-refractivity contribution in [2.45, 2.75) is 31.8 Å². The Balaban J connectivity index is 1.42. The summed E-state index contributed by atoms with van der Waals surface area (Å²) in [7, 11) is -3.48. The number of nitrogens with zero attached hydrogens (tertiary/aromatic N) is 7. The molecule has 0 saturated carbocycles. The number of sulfonamides is 1. The van der Waals surface area contributed by atoms with Gasteiger partial charge in [-0.25, -0.2) is 17.9 Å². The van der Waals surface area contributed by atoms with Crippen LogP contribution in [0.2, 0.25) is 0 Å². The van der Waals surface area contributed by atoms with E-state index in [0.29, 0.717) is 30.2 Å². The molecule has 204 valence electrons. The second-order valence-corrected chi connectivity index (χ2v) is 11.9. The van der Waals surface area contributed by atoms with Crippen molar-refractivity contribution in [3.63, 3.8) is 0 Å². The van der Waals surface area contributed by atoms with Gasteiger partial charge in [-0.3, -0.25) is 9.48 Å². The zero-order valence-electron chi connectivity index (χ0n) is 21.8. The lowest BCUT2D eigenvalue weighted by Crippen LogP contribution is -2.57. The van der Waals surface area contributed by atoms with Crippen molar-refractivity contribution in [3.8, 4) is 22.5 Å². The molecule has 13 heteroatoms. The summed E-state index contributed by atoms with van der Waals surface area (Å²) in [5.41, 5.74) is 11.1. The fraction of sp³-hybridized carbons (Fsp3) is 0.385. The molecular formula is C26H30N8O4S. The lowest BCUT2D eigenvalue weighted by Gasteiger charge is -2.37. The summed E-state index contributed by atoms with van der Waals surface area (Å²) in [4.78, 5) is 19.1. The van der Waals surface area contributed by atoms with Crippen LogP contribution in [0.3, 0.4) is 0 Å². The van der Waals surface area contributed by atoms with Gasteiger partial charge >= 0.3 is 0 Å². The van der Waals surface area contributed by atoms with E-state index in [-0.39, 0.29) is 25.0 Å². The van der Waals surface area contributed by atoms with E-state index in [1.165, 1.54) is 10.6 Å². The van der Waals surface area contributed by atoms with Gasteiger partial charge in [0.2, 0.25) is 15.9 Å². The first-order valence-corrected chi connectivity index (χ1v) is 14.7. The molecule has 1 unspecified atom stereocenters. The smallest absolute Gasteiger partial charge is 0.245 e. The molecule has 2 N–H and O–H groups in total. The van der Waals surface area contributed by atoms with Crippen molar-refractivity contribution < 1.29 is 17.9 Å². The predicted octanol–water partition coefficient (Wildman–Crippen LogP) is 2.19. The summed E-state index contributed by atoms with van der Waals surface area (Å²) in [5, 5.41) is 9.15. The minimum atomic E-state index is -3.48. The highest BCUT2D eigenvalue weighted by Crippen LogP contribution is 2.37. The first-order chi connectivity index (χ1) is 18.7. The number of nitrogen functional groups attached to an aromatic ring is 1. The van der Waals surface area contributed by atoms with E-state index in [1.54, 1.807) is 22.5 Å². The lowest BCUT2D eigenvalue weighted by atomic mass is 10.1. The number of hydrogen-bond donors (Lipinski definition) is 1. The van der Waals surface area contributed by atoms with Gasteiger partial charge in [0.05, 0.1) is 23.7 Å². The van der Waals surface area contributed by atoms with Crippen LogP contribution >= 0.6 is 0 Å². The van der Waals surface area contributed by atoms with Crippen molar-refractivity contribution in [2.24, 2.45) is 0 Å². The fourth-order valence-electron chi connectivity index (χ4n) is 5.61. The average Bonchev–Trinajstić information content (AvgIpc) is 3.56. The summed E-state index contributed by atoms with van der Waals surface area (Å²) in [6.07, 6.45) is 6.09. The van der Waals surface area contributed by atoms with Gasteiger partial charge in [0.1, 0.15) is 17.9 Å². The molecular weight excluding hydrogens is 520 g/mol. The maximum absolute atomic E-state index is 13.2. The first-order valence-electron chi connectivity index (χ1n) is 12.9. The molecule has 1 aromatic carbocycles. The quantitative estimate of drug-likeness (QED) is 0.399. The molecule has 5 heterocycles. The van der Waals surface area contributed by atoms with Gasteiger partial charge in [-0.1, -0.05) is 12.1 Å². The van der Waals surface area contributed by atoms with Gasteiger partial charge in [-0.2, -0.15) is 14.5 Å². The number of fused-ring (bicyclic) bond motifs is 1. The number of carbonyl (C=O) groups is 1. The number of carbonyl (C=O) groups excluding carboxylic acids is 1. The number of piperazine rings is 1.